The van der Waals surface area contributed by atoms with E-state index in [-0.39, 0.29) is 11.6 Å². The molecule has 3 nitrogen and oxygen atoms in total. The first-order valence-corrected chi connectivity index (χ1v) is 7.99. The number of nitrogens with zero attached hydrogens (tertiary/aromatic N) is 1. The van der Waals surface area contributed by atoms with Gasteiger partial charge in [0.15, 0.2) is 0 Å². The first-order valence-electron chi connectivity index (χ1n) is 7.99. The Hall–Kier alpha value is -1.45. The minimum Gasteiger partial charge on any atom is -0.373 e. The highest BCUT2D eigenvalue weighted by molar-refractivity contribution is 5.85. The van der Waals surface area contributed by atoms with Crippen molar-refractivity contribution >= 4 is 10.8 Å². The molecule has 112 valence electrons. The summed E-state index contributed by atoms with van der Waals surface area (Å²) >= 11 is 0. The fraction of sp³-hybridized carbons (Fsp3) is 0.500. The van der Waals surface area contributed by atoms with Gasteiger partial charge in [0.2, 0.25) is 0 Å². The second kappa shape index (κ2) is 6.12. The number of hydrogen-bond acceptors (Lipinski definition) is 3. The maximum Gasteiger partial charge on any atom is 0.0874 e. The van der Waals surface area contributed by atoms with Gasteiger partial charge in [-0.15, -0.1) is 0 Å². The van der Waals surface area contributed by atoms with Gasteiger partial charge in [-0.1, -0.05) is 37.5 Å². The predicted octanol–water partition coefficient (Wildman–Crippen LogP) is 3.97. The van der Waals surface area contributed by atoms with E-state index in [4.69, 9.17) is 10.5 Å². The lowest BCUT2D eigenvalue weighted by Gasteiger charge is -2.42. The highest BCUT2D eigenvalue weighted by atomic mass is 16.5. The summed E-state index contributed by atoms with van der Waals surface area (Å²) in [5.74, 6) is 0. The standard InChI is InChI=1S/C18H24N2O/c1-2-21-18(10-4-3-5-11-18)17(19)15-8-6-7-14-9-12-20-13-16(14)15/h6-9,12-13,17H,2-5,10-11,19H2,1H3. The second-order valence-electron chi connectivity index (χ2n) is 5.98. The molecule has 21 heavy (non-hydrogen) atoms. The number of pyridine rings is 1. The summed E-state index contributed by atoms with van der Waals surface area (Å²) in [5.41, 5.74) is 7.66. The number of fused-ring (bicyclic) bond motifs is 1. The number of ether oxygens (including phenoxy) is 1. The van der Waals surface area contributed by atoms with E-state index in [0.29, 0.717) is 0 Å². The van der Waals surface area contributed by atoms with Crippen LogP contribution < -0.4 is 5.73 Å². The highest BCUT2D eigenvalue weighted by Gasteiger charge is 2.40. The quantitative estimate of drug-likeness (QED) is 0.924. The van der Waals surface area contributed by atoms with Gasteiger partial charge in [-0.2, -0.15) is 0 Å². The molecule has 0 saturated heterocycles. The minimum absolute atomic E-state index is 0.0920. The van der Waals surface area contributed by atoms with Crippen LogP contribution in [0, 0.1) is 0 Å². The number of rotatable bonds is 4. The van der Waals surface area contributed by atoms with Gasteiger partial charge >= 0.3 is 0 Å². The van der Waals surface area contributed by atoms with Crippen molar-refractivity contribution in [2.24, 2.45) is 5.73 Å². The van der Waals surface area contributed by atoms with Crippen molar-refractivity contribution in [2.45, 2.75) is 50.7 Å². The van der Waals surface area contributed by atoms with Crippen LogP contribution in [-0.2, 0) is 4.74 Å². The molecule has 1 aromatic carbocycles. The fourth-order valence-corrected chi connectivity index (χ4v) is 3.67. The van der Waals surface area contributed by atoms with Crippen molar-refractivity contribution in [1.82, 2.24) is 4.98 Å². The Morgan fingerprint density at radius 2 is 2.05 bits per heavy atom. The van der Waals surface area contributed by atoms with Crippen LogP contribution in [0.5, 0.6) is 0 Å². The zero-order chi connectivity index (χ0) is 14.7. The first kappa shape index (κ1) is 14.5. The Morgan fingerprint density at radius 3 is 2.81 bits per heavy atom. The first-order chi connectivity index (χ1) is 10.3. The van der Waals surface area contributed by atoms with Gasteiger partial charge in [0, 0.05) is 24.4 Å². The summed E-state index contributed by atoms with van der Waals surface area (Å²) in [6, 6.07) is 8.27. The molecule has 0 bridgehead atoms. The van der Waals surface area contributed by atoms with E-state index >= 15 is 0 Å². The number of hydrogen-bond donors (Lipinski definition) is 1. The van der Waals surface area contributed by atoms with E-state index in [0.717, 1.165) is 30.4 Å². The predicted molar refractivity (Wildman–Crippen MR) is 86.1 cm³/mol. The van der Waals surface area contributed by atoms with E-state index in [1.807, 2.05) is 18.5 Å². The molecule has 1 unspecified atom stereocenters. The van der Waals surface area contributed by atoms with E-state index in [2.05, 4.69) is 30.1 Å². The smallest absolute Gasteiger partial charge is 0.0874 e. The number of aromatic nitrogens is 1. The molecule has 3 rings (SSSR count). The summed E-state index contributed by atoms with van der Waals surface area (Å²) in [4.78, 5) is 4.27. The summed E-state index contributed by atoms with van der Waals surface area (Å²) in [6.07, 6.45) is 9.56. The van der Waals surface area contributed by atoms with Crippen LogP contribution in [0.2, 0.25) is 0 Å². The Labute approximate surface area is 126 Å². The highest BCUT2D eigenvalue weighted by Crippen LogP contribution is 2.41. The Bertz CT molecular complexity index is 594. The molecule has 0 spiro atoms. The molecule has 0 radical (unpaired) electrons. The maximum atomic E-state index is 6.70. The molecular weight excluding hydrogens is 260 g/mol. The van der Waals surface area contributed by atoms with Crippen molar-refractivity contribution in [1.29, 1.82) is 0 Å². The zero-order valence-electron chi connectivity index (χ0n) is 12.7. The van der Waals surface area contributed by atoms with Crippen molar-refractivity contribution in [2.75, 3.05) is 6.61 Å². The molecule has 0 aliphatic heterocycles. The van der Waals surface area contributed by atoms with Gasteiger partial charge in [0.05, 0.1) is 11.6 Å². The Kier molecular flexibility index (Phi) is 4.22. The van der Waals surface area contributed by atoms with Gasteiger partial charge in [-0.3, -0.25) is 4.98 Å². The SMILES string of the molecule is CCOC1(C(N)c2cccc3ccncc23)CCCCC1. The molecule has 1 heterocycles. The van der Waals surface area contributed by atoms with Crippen LogP contribution in [0.25, 0.3) is 10.8 Å². The third-order valence-corrected chi connectivity index (χ3v) is 4.75. The van der Waals surface area contributed by atoms with E-state index < -0.39 is 0 Å². The Balaban J connectivity index is 2.03. The second-order valence-corrected chi connectivity index (χ2v) is 5.98. The van der Waals surface area contributed by atoms with Crippen LogP contribution in [0.1, 0.15) is 50.6 Å². The molecule has 1 fully saturated rings. The van der Waals surface area contributed by atoms with Crippen LogP contribution in [-0.4, -0.2) is 17.2 Å². The molecule has 3 heteroatoms. The van der Waals surface area contributed by atoms with Gasteiger partial charge in [0.1, 0.15) is 0 Å². The molecule has 0 amide bonds. The summed E-state index contributed by atoms with van der Waals surface area (Å²) in [7, 11) is 0. The lowest BCUT2D eigenvalue weighted by molar-refractivity contribution is -0.0828. The van der Waals surface area contributed by atoms with Crippen molar-refractivity contribution in [3.63, 3.8) is 0 Å². The lowest BCUT2D eigenvalue weighted by atomic mass is 9.76. The summed E-state index contributed by atoms with van der Waals surface area (Å²) in [5, 5.41) is 2.34. The summed E-state index contributed by atoms with van der Waals surface area (Å²) in [6.45, 7) is 2.78. The molecule has 2 aromatic rings. The van der Waals surface area contributed by atoms with Crippen LogP contribution in [0.15, 0.2) is 36.7 Å². The van der Waals surface area contributed by atoms with Crippen molar-refractivity contribution < 1.29 is 4.74 Å². The molecule has 1 saturated carbocycles. The summed E-state index contributed by atoms with van der Waals surface area (Å²) < 4.78 is 6.19. The van der Waals surface area contributed by atoms with Crippen LogP contribution >= 0.6 is 0 Å². The van der Waals surface area contributed by atoms with Crippen LogP contribution in [0.4, 0.5) is 0 Å². The molecule has 1 aliphatic rings. The average molecular weight is 284 g/mol. The largest absolute Gasteiger partial charge is 0.373 e. The van der Waals surface area contributed by atoms with E-state index in [9.17, 15) is 0 Å². The average Bonchev–Trinajstić information content (AvgIpc) is 2.55. The molecule has 1 aromatic heterocycles. The van der Waals surface area contributed by atoms with Crippen LogP contribution in [0.3, 0.4) is 0 Å². The lowest BCUT2D eigenvalue weighted by Crippen LogP contribution is -2.45. The van der Waals surface area contributed by atoms with Gasteiger partial charge in [0.25, 0.3) is 0 Å². The minimum atomic E-state index is -0.211. The van der Waals surface area contributed by atoms with Gasteiger partial charge in [-0.05, 0) is 36.8 Å². The number of nitrogens with two attached hydrogens (primary N) is 1. The molecule has 2 N–H and O–H groups in total. The third-order valence-electron chi connectivity index (χ3n) is 4.75. The molecule has 1 atom stereocenters. The van der Waals surface area contributed by atoms with E-state index in [1.54, 1.807) is 0 Å². The third kappa shape index (κ3) is 2.68. The van der Waals surface area contributed by atoms with Crippen molar-refractivity contribution in [3.05, 3.63) is 42.2 Å². The molecular formula is C18H24N2O. The maximum absolute atomic E-state index is 6.70. The zero-order valence-corrected chi connectivity index (χ0v) is 12.7. The normalized spacial score (nSPS) is 19.5. The topological polar surface area (TPSA) is 48.1 Å². The number of benzene rings is 1. The fourth-order valence-electron chi connectivity index (χ4n) is 3.67. The monoisotopic (exact) mass is 284 g/mol. The molecule has 1 aliphatic carbocycles. The van der Waals surface area contributed by atoms with Gasteiger partial charge < -0.3 is 10.5 Å². The van der Waals surface area contributed by atoms with Crippen molar-refractivity contribution in [3.8, 4) is 0 Å². The van der Waals surface area contributed by atoms with E-state index in [1.165, 1.54) is 24.6 Å². The Morgan fingerprint density at radius 1 is 1.24 bits per heavy atom. The van der Waals surface area contributed by atoms with Gasteiger partial charge in [-0.25, -0.2) is 0 Å².